The summed E-state index contributed by atoms with van der Waals surface area (Å²) in [5.41, 5.74) is 0. The Labute approximate surface area is 65.8 Å². The number of nitrogens with zero attached hydrogens (tertiary/aromatic N) is 1. The van der Waals surface area contributed by atoms with Gasteiger partial charge in [-0.05, 0) is 12.1 Å². The fourth-order valence-corrected chi connectivity index (χ4v) is 0.354. The predicted molar refractivity (Wildman–Crippen MR) is 40.4 cm³/mol. The number of rotatable bonds is 0. The monoisotopic (exact) mass is 167 g/mol. The molecule has 1 rings (SSSR count). The Hall–Kier alpha value is -0.470. The molecule has 0 radical (unpaired) electrons. The standard InChI is InChI=1S/C5H5NO.2ClH/c7-5-2-1-3-6-4-5;;/h1-4,7H;2*1H. The second-order valence-electron chi connectivity index (χ2n) is 1.21. The van der Waals surface area contributed by atoms with Gasteiger partial charge in [-0.25, -0.2) is 0 Å². The molecule has 2 nitrogen and oxygen atoms in total. The van der Waals surface area contributed by atoms with Crippen LogP contribution in [0.2, 0.25) is 0 Å². The molecule has 1 aromatic rings. The molecule has 9 heavy (non-hydrogen) atoms. The van der Waals surface area contributed by atoms with E-state index in [1.54, 1.807) is 18.3 Å². The van der Waals surface area contributed by atoms with Crippen LogP contribution in [0.1, 0.15) is 0 Å². The molecule has 4 heteroatoms. The first-order valence-electron chi connectivity index (χ1n) is 1.98. The molecule has 0 unspecified atom stereocenters. The first-order valence-corrected chi connectivity index (χ1v) is 1.98. The highest BCUT2D eigenvalue weighted by Crippen LogP contribution is 1.99. The Bertz CT molecular complexity index is 145. The first kappa shape index (κ1) is 11.3. The van der Waals surface area contributed by atoms with Crippen molar-refractivity contribution in [2.24, 2.45) is 0 Å². The summed E-state index contributed by atoms with van der Waals surface area (Å²) in [6.45, 7) is 0. The van der Waals surface area contributed by atoms with Crippen molar-refractivity contribution in [3.05, 3.63) is 24.5 Å². The average Bonchev–Trinajstić information content (AvgIpc) is 1.69. The van der Waals surface area contributed by atoms with Gasteiger partial charge in [-0.2, -0.15) is 0 Å². The third-order valence-electron chi connectivity index (χ3n) is 0.646. The van der Waals surface area contributed by atoms with Crippen molar-refractivity contribution in [1.29, 1.82) is 0 Å². The minimum Gasteiger partial charge on any atom is -0.506 e. The van der Waals surface area contributed by atoms with Gasteiger partial charge in [0.1, 0.15) is 5.75 Å². The highest BCUT2D eigenvalue weighted by atomic mass is 35.5. The number of aromatic hydroxyl groups is 1. The summed E-state index contributed by atoms with van der Waals surface area (Å²) in [6.07, 6.45) is 3.00. The fourth-order valence-electron chi connectivity index (χ4n) is 0.354. The average molecular weight is 168 g/mol. The molecule has 0 atom stereocenters. The van der Waals surface area contributed by atoms with Crippen molar-refractivity contribution in [3.8, 4) is 5.75 Å². The lowest BCUT2D eigenvalue weighted by Crippen LogP contribution is -1.64. The van der Waals surface area contributed by atoms with Crippen LogP contribution in [-0.2, 0) is 0 Å². The Balaban J connectivity index is 0. The van der Waals surface area contributed by atoms with Gasteiger partial charge in [-0.3, -0.25) is 4.98 Å². The molecule has 0 aliphatic heterocycles. The van der Waals surface area contributed by atoms with Crippen LogP contribution in [0.4, 0.5) is 0 Å². The molecule has 0 aromatic carbocycles. The number of pyridine rings is 1. The molecule has 0 saturated carbocycles. The van der Waals surface area contributed by atoms with Crippen molar-refractivity contribution < 1.29 is 5.11 Å². The van der Waals surface area contributed by atoms with E-state index in [2.05, 4.69) is 4.98 Å². The summed E-state index contributed by atoms with van der Waals surface area (Å²) in [5.74, 6) is 0.211. The molecule has 0 aliphatic rings. The normalized spacial score (nSPS) is 6.67. The lowest BCUT2D eigenvalue weighted by molar-refractivity contribution is 0.472. The maximum atomic E-state index is 8.57. The fraction of sp³-hybridized carbons (Fsp3) is 0. The summed E-state index contributed by atoms with van der Waals surface area (Å²) >= 11 is 0. The van der Waals surface area contributed by atoms with Crippen LogP contribution in [0, 0.1) is 0 Å². The van der Waals surface area contributed by atoms with Crippen LogP contribution in [-0.4, -0.2) is 10.1 Å². The summed E-state index contributed by atoms with van der Waals surface area (Å²) in [4.78, 5) is 3.63. The van der Waals surface area contributed by atoms with Crippen LogP contribution in [0.25, 0.3) is 0 Å². The first-order chi connectivity index (χ1) is 3.39. The molecular formula is C5H7Cl2NO. The van der Waals surface area contributed by atoms with Crippen molar-refractivity contribution in [1.82, 2.24) is 4.98 Å². The number of hydrogen-bond acceptors (Lipinski definition) is 2. The maximum Gasteiger partial charge on any atom is 0.133 e. The molecule has 0 saturated heterocycles. The van der Waals surface area contributed by atoms with E-state index < -0.39 is 0 Å². The number of halogens is 2. The molecule has 0 amide bonds. The highest BCUT2D eigenvalue weighted by Gasteiger charge is 1.76. The van der Waals surface area contributed by atoms with Crippen LogP contribution in [0.15, 0.2) is 24.5 Å². The molecule has 0 fully saturated rings. The van der Waals surface area contributed by atoms with Gasteiger partial charge in [-0.15, -0.1) is 24.8 Å². The summed E-state index contributed by atoms with van der Waals surface area (Å²) in [7, 11) is 0. The molecule has 0 bridgehead atoms. The summed E-state index contributed by atoms with van der Waals surface area (Å²) in [5, 5.41) is 8.57. The van der Waals surface area contributed by atoms with Gasteiger partial charge in [-0.1, -0.05) is 0 Å². The van der Waals surface area contributed by atoms with Gasteiger partial charge in [0.25, 0.3) is 0 Å². The van der Waals surface area contributed by atoms with E-state index in [4.69, 9.17) is 5.11 Å². The Morgan fingerprint density at radius 2 is 2.00 bits per heavy atom. The van der Waals surface area contributed by atoms with Crippen molar-refractivity contribution in [2.45, 2.75) is 0 Å². The molecule has 0 spiro atoms. The van der Waals surface area contributed by atoms with E-state index in [-0.39, 0.29) is 30.6 Å². The van der Waals surface area contributed by atoms with Gasteiger partial charge in [0.2, 0.25) is 0 Å². The Morgan fingerprint density at radius 1 is 1.33 bits per heavy atom. The molecular weight excluding hydrogens is 161 g/mol. The van der Waals surface area contributed by atoms with Crippen molar-refractivity contribution >= 4 is 24.8 Å². The minimum atomic E-state index is 0. The van der Waals surface area contributed by atoms with Gasteiger partial charge >= 0.3 is 0 Å². The van der Waals surface area contributed by atoms with Crippen LogP contribution in [0.3, 0.4) is 0 Å². The van der Waals surface area contributed by atoms with E-state index >= 15 is 0 Å². The number of aromatic nitrogens is 1. The summed E-state index contributed by atoms with van der Waals surface area (Å²) in [6, 6.07) is 3.25. The Morgan fingerprint density at radius 3 is 2.22 bits per heavy atom. The largest absolute Gasteiger partial charge is 0.506 e. The van der Waals surface area contributed by atoms with Gasteiger partial charge in [0.15, 0.2) is 0 Å². The lowest BCUT2D eigenvalue weighted by atomic mass is 10.5. The second kappa shape index (κ2) is 5.66. The van der Waals surface area contributed by atoms with Crippen molar-refractivity contribution in [3.63, 3.8) is 0 Å². The van der Waals surface area contributed by atoms with Gasteiger partial charge in [0, 0.05) is 6.20 Å². The number of hydrogen-bond donors (Lipinski definition) is 1. The lowest BCUT2D eigenvalue weighted by Gasteiger charge is -1.81. The second-order valence-corrected chi connectivity index (χ2v) is 1.21. The predicted octanol–water partition coefficient (Wildman–Crippen LogP) is 1.63. The van der Waals surface area contributed by atoms with E-state index in [1.165, 1.54) is 6.20 Å². The summed E-state index contributed by atoms with van der Waals surface area (Å²) < 4.78 is 0. The Kier molecular flexibility index (Phi) is 7.14. The molecule has 1 N–H and O–H groups in total. The van der Waals surface area contributed by atoms with E-state index in [0.717, 1.165) is 0 Å². The van der Waals surface area contributed by atoms with Crippen LogP contribution < -0.4 is 0 Å². The SMILES string of the molecule is Cl.Cl.Oc1cccnc1. The zero-order valence-corrected chi connectivity index (χ0v) is 6.15. The van der Waals surface area contributed by atoms with Crippen LogP contribution >= 0.6 is 24.8 Å². The van der Waals surface area contributed by atoms with E-state index in [0.29, 0.717) is 0 Å². The van der Waals surface area contributed by atoms with Crippen LogP contribution in [0.5, 0.6) is 5.75 Å². The minimum absolute atomic E-state index is 0. The van der Waals surface area contributed by atoms with E-state index in [9.17, 15) is 0 Å². The molecule has 1 aromatic heterocycles. The third-order valence-corrected chi connectivity index (χ3v) is 0.646. The smallest absolute Gasteiger partial charge is 0.133 e. The van der Waals surface area contributed by atoms with Gasteiger partial charge < -0.3 is 5.11 Å². The maximum absolute atomic E-state index is 8.57. The topological polar surface area (TPSA) is 33.1 Å². The molecule has 1 heterocycles. The molecule has 52 valence electrons. The third kappa shape index (κ3) is 4.06. The zero-order chi connectivity index (χ0) is 5.11. The highest BCUT2D eigenvalue weighted by molar-refractivity contribution is 5.85. The van der Waals surface area contributed by atoms with Crippen molar-refractivity contribution in [2.75, 3.05) is 0 Å². The zero-order valence-electron chi connectivity index (χ0n) is 4.52. The van der Waals surface area contributed by atoms with E-state index in [1.807, 2.05) is 0 Å². The van der Waals surface area contributed by atoms with Gasteiger partial charge in [0.05, 0.1) is 6.20 Å². The molecule has 0 aliphatic carbocycles. The quantitative estimate of drug-likeness (QED) is 0.638.